The second kappa shape index (κ2) is 7.87. The maximum atomic E-state index is 12.7. The molecule has 0 bridgehead atoms. The molecule has 8 nitrogen and oxygen atoms in total. The third-order valence-electron chi connectivity index (χ3n) is 5.21. The molecule has 5 rings (SSSR count). The second-order valence-electron chi connectivity index (χ2n) is 7.24. The zero-order chi connectivity index (χ0) is 20.5. The first-order chi connectivity index (χ1) is 14.7. The Morgan fingerprint density at radius 1 is 1.10 bits per heavy atom. The minimum Gasteiger partial charge on any atom is -0.454 e. The van der Waals surface area contributed by atoms with Crippen molar-refractivity contribution in [2.24, 2.45) is 0 Å². The maximum Gasteiger partial charge on any atom is 0.321 e. The van der Waals surface area contributed by atoms with E-state index in [0.29, 0.717) is 47.1 Å². The molecule has 2 amide bonds. The minimum absolute atomic E-state index is 0.00928. The summed E-state index contributed by atoms with van der Waals surface area (Å²) in [4.78, 5) is 14.4. The highest BCUT2D eigenvalue weighted by Gasteiger charge is 2.29. The molecule has 1 N–H and O–H groups in total. The number of aromatic nitrogens is 2. The number of carbonyl (C=O) groups is 1. The zero-order valence-corrected chi connectivity index (χ0v) is 16.8. The fraction of sp³-hybridized carbons (Fsp3) is 0.286. The van der Waals surface area contributed by atoms with Gasteiger partial charge in [0.15, 0.2) is 11.5 Å². The molecule has 3 aromatic rings. The van der Waals surface area contributed by atoms with Crippen LogP contribution in [0.25, 0.3) is 11.5 Å². The summed E-state index contributed by atoms with van der Waals surface area (Å²) in [6, 6.07) is 12.4. The standard InChI is InChI=1S/C21H19ClN4O4/c22-15-4-6-16(7-5-15)23-21(27)26-9-1-2-14(11-26)20-25-24-19(30-20)13-3-8-17-18(10-13)29-12-28-17/h3-8,10,14H,1-2,9,11-12H2,(H,23,27)/t14-/m0/s1. The van der Waals surface area contributed by atoms with E-state index in [1.807, 2.05) is 18.2 Å². The lowest BCUT2D eigenvalue weighted by molar-refractivity contribution is 0.174. The van der Waals surface area contributed by atoms with Crippen molar-refractivity contribution in [1.29, 1.82) is 0 Å². The summed E-state index contributed by atoms with van der Waals surface area (Å²) in [5.74, 6) is 2.31. The largest absolute Gasteiger partial charge is 0.454 e. The quantitative estimate of drug-likeness (QED) is 0.661. The van der Waals surface area contributed by atoms with Crippen LogP contribution in [0.5, 0.6) is 11.5 Å². The van der Waals surface area contributed by atoms with Gasteiger partial charge < -0.3 is 24.1 Å². The molecule has 3 heterocycles. The van der Waals surface area contributed by atoms with Crippen molar-refractivity contribution in [3.63, 3.8) is 0 Å². The monoisotopic (exact) mass is 426 g/mol. The number of nitrogens with zero attached hydrogens (tertiary/aromatic N) is 3. The molecule has 2 aliphatic heterocycles. The zero-order valence-electron chi connectivity index (χ0n) is 16.0. The number of nitrogens with one attached hydrogen (secondary N) is 1. The number of benzene rings is 2. The molecule has 154 valence electrons. The number of hydrogen-bond donors (Lipinski definition) is 1. The predicted molar refractivity (Wildman–Crippen MR) is 110 cm³/mol. The lowest BCUT2D eigenvalue weighted by atomic mass is 9.98. The van der Waals surface area contributed by atoms with Crippen molar-refractivity contribution in [2.75, 3.05) is 25.2 Å². The Labute approximate surface area is 177 Å². The van der Waals surface area contributed by atoms with Crippen molar-refractivity contribution in [2.45, 2.75) is 18.8 Å². The molecule has 0 radical (unpaired) electrons. The number of ether oxygens (including phenoxy) is 2. The van der Waals surface area contributed by atoms with Gasteiger partial charge in [0.1, 0.15) is 0 Å². The third-order valence-corrected chi connectivity index (χ3v) is 5.47. The van der Waals surface area contributed by atoms with Crippen LogP contribution in [0.1, 0.15) is 24.7 Å². The van der Waals surface area contributed by atoms with Gasteiger partial charge in [-0.2, -0.15) is 0 Å². The summed E-state index contributed by atoms with van der Waals surface area (Å²) in [6.07, 6.45) is 1.74. The van der Waals surface area contributed by atoms with E-state index in [4.69, 9.17) is 25.5 Å². The highest BCUT2D eigenvalue weighted by molar-refractivity contribution is 6.30. The van der Waals surface area contributed by atoms with Gasteiger partial charge in [-0.25, -0.2) is 4.79 Å². The summed E-state index contributed by atoms with van der Waals surface area (Å²) < 4.78 is 16.7. The maximum absolute atomic E-state index is 12.7. The Bertz CT molecular complexity index is 1070. The van der Waals surface area contributed by atoms with Crippen LogP contribution in [0.3, 0.4) is 0 Å². The van der Waals surface area contributed by atoms with Gasteiger partial charge in [0, 0.05) is 29.4 Å². The van der Waals surface area contributed by atoms with Crippen LogP contribution in [0, 0.1) is 0 Å². The number of anilines is 1. The van der Waals surface area contributed by atoms with Crippen LogP contribution < -0.4 is 14.8 Å². The fourth-order valence-corrected chi connectivity index (χ4v) is 3.77. The van der Waals surface area contributed by atoms with Gasteiger partial charge in [-0.15, -0.1) is 10.2 Å². The molecule has 1 atom stereocenters. The van der Waals surface area contributed by atoms with Crippen molar-refractivity contribution in [1.82, 2.24) is 15.1 Å². The van der Waals surface area contributed by atoms with Crippen LogP contribution in [0.2, 0.25) is 5.02 Å². The van der Waals surface area contributed by atoms with Gasteiger partial charge in [0.2, 0.25) is 18.6 Å². The number of piperidine rings is 1. The van der Waals surface area contributed by atoms with Crippen LogP contribution >= 0.6 is 11.6 Å². The molecule has 0 aliphatic carbocycles. The average molecular weight is 427 g/mol. The van der Waals surface area contributed by atoms with E-state index in [2.05, 4.69) is 15.5 Å². The molecule has 1 saturated heterocycles. The number of halogens is 1. The summed E-state index contributed by atoms with van der Waals surface area (Å²) in [5.41, 5.74) is 1.47. The van der Waals surface area contributed by atoms with Crippen LogP contribution in [-0.2, 0) is 0 Å². The molecule has 1 aromatic heterocycles. The number of urea groups is 1. The SMILES string of the molecule is O=C(Nc1ccc(Cl)cc1)N1CCC[C@H](c2nnc(-c3ccc4c(c3)OCO4)o2)C1. The van der Waals surface area contributed by atoms with E-state index in [0.717, 1.165) is 18.4 Å². The van der Waals surface area contributed by atoms with Gasteiger partial charge in [-0.1, -0.05) is 11.6 Å². The Kier molecular flexibility index (Phi) is 4.92. The van der Waals surface area contributed by atoms with E-state index in [-0.39, 0.29) is 18.7 Å². The summed E-state index contributed by atoms with van der Waals surface area (Å²) in [5, 5.41) is 12.0. The van der Waals surface area contributed by atoms with Crippen LogP contribution in [0.15, 0.2) is 46.9 Å². The number of amides is 2. The number of carbonyl (C=O) groups excluding carboxylic acids is 1. The number of hydrogen-bond acceptors (Lipinski definition) is 6. The fourth-order valence-electron chi connectivity index (χ4n) is 3.64. The lowest BCUT2D eigenvalue weighted by Gasteiger charge is -2.31. The minimum atomic E-state index is -0.155. The van der Waals surface area contributed by atoms with E-state index in [9.17, 15) is 4.79 Å². The number of fused-ring (bicyclic) bond motifs is 1. The molecule has 1 fully saturated rings. The summed E-state index contributed by atoms with van der Waals surface area (Å²) >= 11 is 5.90. The smallest absolute Gasteiger partial charge is 0.321 e. The summed E-state index contributed by atoms with van der Waals surface area (Å²) in [6.45, 7) is 1.41. The number of rotatable bonds is 3. The van der Waals surface area contributed by atoms with E-state index >= 15 is 0 Å². The molecule has 0 unspecified atom stereocenters. The molecule has 2 aliphatic rings. The molecule has 2 aromatic carbocycles. The van der Waals surface area contributed by atoms with Gasteiger partial charge in [0.25, 0.3) is 0 Å². The van der Waals surface area contributed by atoms with Gasteiger partial charge in [-0.05, 0) is 55.3 Å². The van der Waals surface area contributed by atoms with E-state index in [1.54, 1.807) is 29.2 Å². The Morgan fingerprint density at radius 2 is 1.93 bits per heavy atom. The Hall–Kier alpha value is -3.26. The normalized spacial score (nSPS) is 17.8. The molecular formula is C21H19ClN4O4. The highest BCUT2D eigenvalue weighted by atomic mass is 35.5. The summed E-state index contributed by atoms with van der Waals surface area (Å²) in [7, 11) is 0. The van der Waals surface area contributed by atoms with Crippen molar-refractivity contribution in [3.05, 3.63) is 53.4 Å². The van der Waals surface area contributed by atoms with Crippen molar-refractivity contribution in [3.8, 4) is 23.0 Å². The second-order valence-corrected chi connectivity index (χ2v) is 7.67. The topological polar surface area (TPSA) is 89.7 Å². The van der Waals surface area contributed by atoms with E-state index in [1.165, 1.54) is 0 Å². The molecular weight excluding hydrogens is 408 g/mol. The molecule has 0 spiro atoms. The first kappa shape index (κ1) is 18.7. The van der Waals surface area contributed by atoms with Gasteiger partial charge in [-0.3, -0.25) is 0 Å². The predicted octanol–water partition coefficient (Wildman–Crippen LogP) is 4.53. The first-order valence-electron chi connectivity index (χ1n) is 9.70. The van der Waals surface area contributed by atoms with Gasteiger partial charge >= 0.3 is 6.03 Å². The highest BCUT2D eigenvalue weighted by Crippen LogP contribution is 2.36. The Balaban J connectivity index is 1.27. The Morgan fingerprint density at radius 3 is 2.80 bits per heavy atom. The van der Waals surface area contributed by atoms with Crippen molar-refractivity contribution >= 4 is 23.3 Å². The third kappa shape index (κ3) is 3.78. The molecule has 9 heteroatoms. The van der Waals surface area contributed by atoms with Crippen molar-refractivity contribution < 1.29 is 18.7 Å². The average Bonchev–Trinajstić information content (AvgIpc) is 3.44. The van der Waals surface area contributed by atoms with Crippen LogP contribution in [-0.4, -0.2) is 41.0 Å². The lowest BCUT2D eigenvalue weighted by Crippen LogP contribution is -2.41. The van der Waals surface area contributed by atoms with Gasteiger partial charge in [0.05, 0.1) is 5.92 Å². The number of likely N-dealkylation sites (tertiary alicyclic amines) is 1. The first-order valence-corrected chi connectivity index (χ1v) is 10.1. The van der Waals surface area contributed by atoms with Crippen LogP contribution in [0.4, 0.5) is 10.5 Å². The molecule has 0 saturated carbocycles. The molecule has 30 heavy (non-hydrogen) atoms. The van der Waals surface area contributed by atoms with E-state index < -0.39 is 0 Å².